The van der Waals surface area contributed by atoms with Crippen LogP contribution >= 0.6 is 0 Å². The summed E-state index contributed by atoms with van der Waals surface area (Å²) in [6.45, 7) is 0.169. The lowest BCUT2D eigenvalue weighted by atomic mass is 10.2. The molecule has 0 aliphatic heterocycles. The second-order valence-electron chi connectivity index (χ2n) is 2.91. The Hall–Kier alpha value is -1.89. The van der Waals surface area contributed by atoms with Crippen LogP contribution in [-0.4, -0.2) is 28.2 Å². The fourth-order valence-electron chi connectivity index (χ4n) is 0.918. The predicted octanol–water partition coefficient (Wildman–Crippen LogP) is -0.907. The molecule has 1 amide bonds. The van der Waals surface area contributed by atoms with Gasteiger partial charge in [0.2, 0.25) is 5.91 Å². The molecule has 7 heteroatoms. The van der Waals surface area contributed by atoms with Crippen LogP contribution in [0.4, 0.5) is 0 Å². The van der Waals surface area contributed by atoms with Crippen LogP contribution in [0.15, 0.2) is 16.9 Å². The van der Waals surface area contributed by atoms with E-state index in [1.807, 2.05) is 0 Å². The molecule has 0 fully saturated rings. The van der Waals surface area contributed by atoms with Crippen LogP contribution < -0.4 is 11.1 Å². The molecule has 1 heterocycles. The third-order valence-corrected chi connectivity index (χ3v) is 1.67. The van der Waals surface area contributed by atoms with E-state index < -0.39 is 24.3 Å². The maximum Gasteiger partial charge on any atom is 0.305 e. The lowest BCUT2D eigenvalue weighted by Gasteiger charge is -2.08. The quantitative estimate of drug-likeness (QED) is 0.582. The molecule has 1 aromatic rings. The average molecular weight is 213 g/mol. The number of aliphatic carboxylic acids is 1. The standard InChI is InChI=1S/C8H11N3O4/c9-6(3-7(12)13)8(14)10-4-5-1-2-15-11-5/h1-2,6H,3-4,9H2,(H,10,14)(H,12,13). The maximum absolute atomic E-state index is 11.2. The highest BCUT2D eigenvalue weighted by Gasteiger charge is 2.16. The SMILES string of the molecule is NC(CC(=O)O)C(=O)NCc1ccon1. The summed E-state index contributed by atoms with van der Waals surface area (Å²) in [4.78, 5) is 21.5. The number of nitrogens with one attached hydrogen (secondary N) is 1. The number of nitrogens with two attached hydrogens (primary N) is 1. The van der Waals surface area contributed by atoms with Gasteiger partial charge in [0.1, 0.15) is 12.0 Å². The molecule has 0 aliphatic rings. The van der Waals surface area contributed by atoms with Crippen LogP contribution in [0.1, 0.15) is 12.1 Å². The summed E-state index contributed by atoms with van der Waals surface area (Å²) in [6, 6.07) is 0.539. The monoisotopic (exact) mass is 213 g/mol. The zero-order chi connectivity index (χ0) is 11.3. The molecule has 1 unspecified atom stereocenters. The molecular weight excluding hydrogens is 202 g/mol. The number of amides is 1. The predicted molar refractivity (Wildman–Crippen MR) is 48.6 cm³/mol. The number of aromatic nitrogens is 1. The molecule has 1 aromatic heterocycles. The highest BCUT2D eigenvalue weighted by Crippen LogP contribution is 1.94. The number of carboxylic acids is 1. The molecular formula is C8H11N3O4. The van der Waals surface area contributed by atoms with Gasteiger partial charge in [-0.05, 0) is 0 Å². The molecule has 0 aliphatic carbocycles. The van der Waals surface area contributed by atoms with E-state index in [1.54, 1.807) is 6.07 Å². The van der Waals surface area contributed by atoms with Crippen LogP contribution in [0.25, 0.3) is 0 Å². The van der Waals surface area contributed by atoms with Gasteiger partial charge in [0.05, 0.1) is 19.0 Å². The molecule has 0 spiro atoms. The second-order valence-corrected chi connectivity index (χ2v) is 2.91. The van der Waals surface area contributed by atoms with Crippen LogP contribution in [0.3, 0.4) is 0 Å². The Labute approximate surface area is 85.2 Å². The topological polar surface area (TPSA) is 118 Å². The van der Waals surface area contributed by atoms with Gasteiger partial charge in [-0.25, -0.2) is 0 Å². The van der Waals surface area contributed by atoms with Crippen LogP contribution in [0.5, 0.6) is 0 Å². The van der Waals surface area contributed by atoms with Gasteiger partial charge in [-0.2, -0.15) is 0 Å². The Morgan fingerprint density at radius 3 is 2.93 bits per heavy atom. The first-order chi connectivity index (χ1) is 7.09. The zero-order valence-corrected chi connectivity index (χ0v) is 7.84. The number of carboxylic acid groups (broad SMARTS) is 1. The van der Waals surface area contributed by atoms with Gasteiger partial charge in [-0.15, -0.1) is 0 Å². The van der Waals surface area contributed by atoms with E-state index in [0.717, 1.165) is 0 Å². The summed E-state index contributed by atoms with van der Waals surface area (Å²) >= 11 is 0. The molecule has 0 saturated heterocycles. The first-order valence-electron chi connectivity index (χ1n) is 4.24. The zero-order valence-electron chi connectivity index (χ0n) is 7.84. The number of nitrogens with zero attached hydrogens (tertiary/aromatic N) is 1. The molecule has 15 heavy (non-hydrogen) atoms. The van der Waals surface area contributed by atoms with E-state index in [4.69, 9.17) is 10.8 Å². The van der Waals surface area contributed by atoms with Crippen LogP contribution in [-0.2, 0) is 16.1 Å². The first kappa shape index (κ1) is 11.2. The Bertz CT molecular complexity index is 336. The Morgan fingerprint density at radius 2 is 2.40 bits per heavy atom. The van der Waals surface area contributed by atoms with E-state index >= 15 is 0 Å². The minimum Gasteiger partial charge on any atom is -0.481 e. The average Bonchev–Trinajstić information content (AvgIpc) is 2.65. The van der Waals surface area contributed by atoms with Gasteiger partial charge in [-0.1, -0.05) is 5.16 Å². The fourth-order valence-corrected chi connectivity index (χ4v) is 0.918. The molecule has 4 N–H and O–H groups in total. The minimum atomic E-state index is -1.11. The van der Waals surface area contributed by atoms with Gasteiger partial charge < -0.3 is 20.7 Å². The molecule has 0 bridgehead atoms. The van der Waals surface area contributed by atoms with E-state index in [9.17, 15) is 9.59 Å². The van der Waals surface area contributed by atoms with Crippen molar-refractivity contribution in [2.75, 3.05) is 0 Å². The first-order valence-corrected chi connectivity index (χ1v) is 4.24. The summed E-state index contributed by atoms with van der Waals surface area (Å²) in [5.74, 6) is -1.64. The van der Waals surface area contributed by atoms with Gasteiger partial charge in [0, 0.05) is 6.07 Å². The van der Waals surface area contributed by atoms with Gasteiger partial charge in [0.25, 0.3) is 0 Å². The molecule has 0 aromatic carbocycles. The Morgan fingerprint density at radius 1 is 1.67 bits per heavy atom. The van der Waals surface area contributed by atoms with Crippen molar-refractivity contribution in [3.05, 3.63) is 18.0 Å². The normalized spacial score (nSPS) is 12.1. The molecule has 0 radical (unpaired) electrons. The van der Waals surface area contributed by atoms with Crippen molar-refractivity contribution in [3.8, 4) is 0 Å². The van der Waals surface area contributed by atoms with Crippen LogP contribution in [0.2, 0.25) is 0 Å². The largest absolute Gasteiger partial charge is 0.481 e. The number of hydrogen-bond acceptors (Lipinski definition) is 5. The summed E-state index contributed by atoms with van der Waals surface area (Å²) in [7, 11) is 0. The highest BCUT2D eigenvalue weighted by atomic mass is 16.5. The smallest absolute Gasteiger partial charge is 0.305 e. The van der Waals surface area contributed by atoms with Crippen molar-refractivity contribution >= 4 is 11.9 Å². The van der Waals surface area contributed by atoms with Crippen LogP contribution in [0, 0.1) is 0 Å². The molecule has 0 saturated carbocycles. The van der Waals surface area contributed by atoms with Crippen molar-refractivity contribution in [2.24, 2.45) is 5.73 Å². The van der Waals surface area contributed by atoms with Gasteiger partial charge in [-0.3, -0.25) is 9.59 Å². The number of carbonyl (C=O) groups is 2. The molecule has 7 nitrogen and oxygen atoms in total. The Balaban J connectivity index is 2.32. The fraction of sp³-hybridized carbons (Fsp3) is 0.375. The Kier molecular flexibility index (Phi) is 3.81. The lowest BCUT2D eigenvalue weighted by Crippen LogP contribution is -2.41. The van der Waals surface area contributed by atoms with E-state index in [2.05, 4.69) is 15.0 Å². The summed E-state index contributed by atoms with van der Waals surface area (Å²) in [6.07, 6.45) is 0.976. The highest BCUT2D eigenvalue weighted by molar-refractivity contribution is 5.85. The third-order valence-electron chi connectivity index (χ3n) is 1.67. The molecule has 1 rings (SSSR count). The van der Waals surface area contributed by atoms with Crippen molar-refractivity contribution in [1.82, 2.24) is 10.5 Å². The summed E-state index contributed by atoms with van der Waals surface area (Å²) < 4.78 is 4.55. The van der Waals surface area contributed by atoms with E-state index in [0.29, 0.717) is 5.69 Å². The number of hydrogen-bond donors (Lipinski definition) is 3. The lowest BCUT2D eigenvalue weighted by molar-refractivity contribution is -0.139. The minimum absolute atomic E-state index is 0.169. The van der Waals surface area contributed by atoms with Gasteiger partial charge >= 0.3 is 5.97 Å². The van der Waals surface area contributed by atoms with E-state index in [1.165, 1.54) is 6.26 Å². The molecule has 1 atom stereocenters. The second kappa shape index (κ2) is 5.11. The summed E-state index contributed by atoms with van der Waals surface area (Å²) in [5.41, 5.74) is 5.87. The maximum atomic E-state index is 11.2. The summed E-state index contributed by atoms with van der Waals surface area (Å²) in [5, 5.41) is 14.4. The number of carbonyl (C=O) groups excluding carboxylic acids is 1. The van der Waals surface area contributed by atoms with Crippen molar-refractivity contribution in [2.45, 2.75) is 19.0 Å². The van der Waals surface area contributed by atoms with E-state index in [-0.39, 0.29) is 6.54 Å². The third kappa shape index (κ3) is 3.77. The molecule has 82 valence electrons. The van der Waals surface area contributed by atoms with Gasteiger partial charge in [0.15, 0.2) is 0 Å². The van der Waals surface area contributed by atoms with Crippen molar-refractivity contribution < 1.29 is 19.2 Å². The van der Waals surface area contributed by atoms with Crippen molar-refractivity contribution in [3.63, 3.8) is 0 Å². The van der Waals surface area contributed by atoms with Crippen molar-refractivity contribution in [1.29, 1.82) is 0 Å². The number of rotatable bonds is 5.